The molecule has 0 aliphatic heterocycles. The molecule has 0 spiro atoms. The number of benzene rings is 1. The van der Waals surface area contributed by atoms with Crippen molar-refractivity contribution < 1.29 is 0 Å². The summed E-state index contributed by atoms with van der Waals surface area (Å²) in [4.78, 5) is 12.3. The Morgan fingerprint density at radius 2 is 2.12 bits per heavy atom. The van der Waals surface area contributed by atoms with Gasteiger partial charge in [-0.1, -0.05) is 26.3 Å². The van der Waals surface area contributed by atoms with Crippen LogP contribution in [0.4, 0.5) is 11.5 Å². The molecule has 0 saturated heterocycles. The lowest BCUT2D eigenvalue weighted by Crippen LogP contribution is -1.94. The third-order valence-corrected chi connectivity index (χ3v) is 4.44. The van der Waals surface area contributed by atoms with Gasteiger partial charge in [-0.05, 0) is 42.7 Å². The largest absolute Gasteiger partial charge is 0.340 e. The van der Waals surface area contributed by atoms with Gasteiger partial charge in [-0.15, -0.1) is 0 Å². The first-order valence-electron chi connectivity index (χ1n) is 9.01. The highest BCUT2D eigenvalue weighted by Crippen LogP contribution is 2.29. The van der Waals surface area contributed by atoms with Gasteiger partial charge in [0.15, 0.2) is 0 Å². The first kappa shape index (κ1) is 16.3. The van der Waals surface area contributed by atoms with Crippen molar-refractivity contribution in [2.75, 3.05) is 5.32 Å². The molecule has 3 aromatic heterocycles. The van der Waals surface area contributed by atoms with Gasteiger partial charge in [0.05, 0.1) is 17.1 Å². The second kappa shape index (κ2) is 7.00. The number of nitrogens with zero attached hydrogens (tertiary/aromatic N) is 3. The van der Waals surface area contributed by atoms with Crippen LogP contribution < -0.4 is 5.32 Å². The van der Waals surface area contributed by atoms with E-state index in [2.05, 4.69) is 62.5 Å². The molecule has 4 aromatic rings. The number of fused-ring (bicyclic) bond motifs is 2. The molecule has 26 heavy (non-hydrogen) atoms. The fraction of sp³-hybridized carbons (Fsp3) is 0.250. The Hall–Kier alpha value is -3.15. The molecular weight excluding hydrogens is 324 g/mol. The van der Waals surface area contributed by atoms with Crippen LogP contribution in [0, 0.1) is 0 Å². The minimum Gasteiger partial charge on any atom is -0.340 e. The second-order valence-electron chi connectivity index (χ2n) is 6.35. The Kier molecular flexibility index (Phi) is 4.39. The number of anilines is 2. The summed E-state index contributed by atoms with van der Waals surface area (Å²) >= 11 is 0. The van der Waals surface area contributed by atoms with Gasteiger partial charge in [0.25, 0.3) is 0 Å². The lowest BCUT2D eigenvalue weighted by molar-refractivity contribution is 0.962. The molecule has 0 saturated carbocycles. The lowest BCUT2D eigenvalue weighted by atomic mass is 10.1. The molecule has 6 nitrogen and oxygen atoms in total. The van der Waals surface area contributed by atoms with Gasteiger partial charge in [0.1, 0.15) is 17.8 Å². The molecule has 0 unspecified atom stereocenters. The zero-order valence-electron chi connectivity index (χ0n) is 15.0. The van der Waals surface area contributed by atoms with Gasteiger partial charge >= 0.3 is 0 Å². The van der Waals surface area contributed by atoms with Crippen LogP contribution in [0.5, 0.6) is 0 Å². The van der Waals surface area contributed by atoms with Crippen molar-refractivity contribution in [2.24, 2.45) is 0 Å². The Balaban J connectivity index is 1.72. The lowest BCUT2D eigenvalue weighted by Gasteiger charge is -2.06. The fourth-order valence-corrected chi connectivity index (χ4v) is 3.23. The van der Waals surface area contributed by atoms with Crippen molar-refractivity contribution in [3.05, 3.63) is 48.6 Å². The molecule has 0 amide bonds. The SMILES string of the molecule is CC/C=C(\CCC)c1cc2c(Nc3ccc4[nH]ncc4c3)ncnc2[nH]1. The summed E-state index contributed by atoms with van der Waals surface area (Å²) in [5, 5.41) is 12.5. The van der Waals surface area contributed by atoms with Crippen molar-refractivity contribution in [1.29, 1.82) is 0 Å². The van der Waals surface area contributed by atoms with Crippen molar-refractivity contribution in [2.45, 2.75) is 33.1 Å². The third kappa shape index (κ3) is 3.06. The molecule has 6 heteroatoms. The van der Waals surface area contributed by atoms with Crippen LogP contribution in [0.15, 0.2) is 42.9 Å². The Morgan fingerprint density at radius 1 is 1.19 bits per heavy atom. The predicted octanol–water partition coefficient (Wildman–Crippen LogP) is 5.17. The molecule has 0 radical (unpaired) electrons. The van der Waals surface area contributed by atoms with Crippen LogP contribution in [0.3, 0.4) is 0 Å². The topological polar surface area (TPSA) is 82.3 Å². The van der Waals surface area contributed by atoms with Crippen LogP contribution >= 0.6 is 0 Å². The number of allylic oxidation sites excluding steroid dienone is 2. The third-order valence-electron chi connectivity index (χ3n) is 4.44. The van der Waals surface area contributed by atoms with Gasteiger partial charge in [0.2, 0.25) is 0 Å². The molecule has 1 aromatic carbocycles. The van der Waals surface area contributed by atoms with E-state index < -0.39 is 0 Å². The molecule has 4 rings (SSSR count). The van der Waals surface area contributed by atoms with Crippen molar-refractivity contribution in [1.82, 2.24) is 25.1 Å². The summed E-state index contributed by atoms with van der Waals surface area (Å²) in [5.74, 6) is 0.799. The maximum Gasteiger partial charge on any atom is 0.143 e. The number of nitrogens with one attached hydrogen (secondary N) is 3. The van der Waals surface area contributed by atoms with Crippen LogP contribution in [0.1, 0.15) is 38.8 Å². The summed E-state index contributed by atoms with van der Waals surface area (Å²) in [6.07, 6.45) is 8.87. The molecule has 0 atom stereocenters. The minimum atomic E-state index is 0.799. The highest BCUT2D eigenvalue weighted by atomic mass is 15.1. The average molecular weight is 346 g/mol. The van der Waals surface area contributed by atoms with E-state index in [0.717, 1.165) is 58.4 Å². The quantitative estimate of drug-likeness (QED) is 0.450. The van der Waals surface area contributed by atoms with Gasteiger partial charge in [0, 0.05) is 16.8 Å². The van der Waals surface area contributed by atoms with Crippen molar-refractivity contribution in [3.8, 4) is 0 Å². The van der Waals surface area contributed by atoms with Crippen molar-refractivity contribution in [3.63, 3.8) is 0 Å². The van der Waals surface area contributed by atoms with E-state index in [1.807, 2.05) is 18.3 Å². The number of aromatic amines is 2. The zero-order chi connectivity index (χ0) is 17.9. The van der Waals surface area contributed by atoms with Gasteiger partial charge < -0.3 is 10.3 Å². The summed E-state index contributed by atoms with van der Waals surface area (Å²) in [5.41, 5.74) is 5.29. The highest BCUT2D eigenvalue weighted by molar-refractivity contribution is 5.93. The molecule has 0 fully saturated rings. The number of aromatic nitrogens is 5. The van der Waals surface area contributed by atoms with E-state index >= 15 is 0 Å². The molecule has 0 bridgehead atoms. The Bertz CT molecular complexity index is 1070. The Morgan fingerprint density at radius 3 is 2.96 bits per heavy atom. The Labute approximate surface area is 151 Å². The van der Waals surface area contributed by atoms with Crippen molar-refractivity contribution >= 4 is 39.0 Å². The van der Waals surface area contributed by atoms with Crippen LogP contribution in [0.25, 0.3) is 27.5 Å². The standard InChI is InChI=1S/C20H22N6/c1-3-5-13(6-4-2)18-10-16-19(21-12-22-20(16)25-18)24-15-7-8-17-14(9-15)11-23-26-17/h5,7-12H,3-4,6H2,1-2H3,(H,23,26)(H2,21,22,24,25)/b13-5+. The zero-order valence-corrected chi connectivity index (χ0v) is 15.0. The van der Waals surface area contributed by atoms with E-state index in [-0.39, 0.29) is 0 Å². The van der Waals surface area contributed by atoms with E-state index in [4.69, 9.17) is 0 Å². The van der Waals surface area contributed by atoms with E-state index in [9.17, 15) is 0 Å². The average Bonchev–Trinajstić information content (AvgIpc) is 3.28. The highest BCUT2D eigenvalue weighted by Gasteiger charge is 2.11. The molecule has 3 N–H and O–H groups in total. The smallest absolute Gasteiger partial charge is 0.143 e. The van der Waals surface area contributed by atoms with Crippen LogP contribution in [-0.4, -0.2) is 25.1 Å². The van der Waals surface area contributed by atoms with E-state index in [1.165, 1.54) is 5.57 Å². The van der Waals surface area contributed by atoms with Crippen LogP contribution in [-0.2, 0) is 0 Å². The van der Waals surface area contributed by atoms with E-state index in [1.54, 1.807) is 6.33 Å². The fourth-order valence-electron chi connectivity index (χ4n) is 3.23. The normalized spacial score (nSPS) is 12.2. The van der Waals surface area contributed by atoms with Gasteiger partial charge in [-0.25, -0.2) is 9.97 Å². The van der Waals surface area contributed by atoms with Crippen LogP contribution in [0.2, 0.25) is 0 Å². The molecule has 3 heterocycles. The number of hydrogen-bond acceptors (Lipinski definition) is 4. The molecular formula is C20H22N6. The first-order chi connectivity index (χ1) is 12.8. The first-order valence-corrected chi connectivity index (χ1v) is 9.01. The number of rotatable bonds is 6. The number of hydrogen-bond donors (Lipinski definition) is 3. The maximum absolute atomic E-state index is 4.45. The molecule has 0 aliphatic carbocycles. The summed E-state index contributed by atoms with van der Waals surface area (Å²) in [6, 6.07) is 8.22. The summed E-state index contributed by atoms with van der Waals surface area (Å²) in [7, 11) is 0. The van der Waals surface area contributed by atoms with Gasteiger partial charge in [-0.2, -0.15) is 5.10 Å². The summed E-state index contributed by atoms with van der Waals surface area (Å²) < 4.78 is 0. The van der Waals surface area contributed by atoms with E-state index in [0.29, 0.717) is 0 Å². The monoisotopic (exact) mass is 346 g/mol. The number of H-pyrrole nitrogens is 2. The van der Waals surface area contributed by atoms with Gasteiger partial charge in [-0.3, -0.25) is 5.10 Å². The second-order valence-corrected chi connectivity index (χ2v) is 6.35. The predicted molar refractivity (Wildman–Crippen MR) is 106 cm³/mol. The maximum atomic E-state index is 4.45. The molecule has 132 valence electrons. The summed E-state index contributed by atoms with van der Waals surface area (Å²) in [6.45, 7) is 4.36. The molecule has 0 aliphatic rings. The minimum absolute atomic E-state index is 0.799.